The smallest absolute Gasteiger partial charge is 0.423 e. The molecule has 0 aliphatic heterocycles. The molecule has 0 radical (unpaired) electrons. The first-order valence-corrected chi connectivity index (χ1v) is 4.20. The quantitative estimate of drug-likeness (QED) is 0.364. The van der Waals surface area contributed by atoms with Crippen LogP contribution in [0.15, 0.2) is 24.3 Å². The summed E-state index contributed by atoms with van der Waals surface area (Å²) in [7, 11) is -0.416. The molecular formula is C9H9BN2O3. The molecule has 1 rings (SSSR count). The number of hydrogen-bond donors (Lipinski definition) is 2. The van der Waals surface area contributed by atoms with Crippen LogP contribution in [-0.4, -0.2) is 35.0 Å². The maximum atomic E-state index is 11.6. The van der Waals surface area contributed by atoms with Crippen LogP contribution in [0.25, 0.3) is 0 Å². The lowest BCUT2D eigenvalue weighted by Gasteiger charge is -2.10. The summed E-state index contributed by atoms with van der Waals surface area (Å²) in [6.07, 6.45) is 1.65. The molecule has 76 valence electrons. The van der Waals surface area contributed by atoms with Gasteiger partial charge in [-0.3, -0.25) is 4.79 Å². The number of rotatable bonds is 2. The Morgan fingerprint density at radius 3 is 2.60 bits per heavy atom. The number of benzene rings is 1. The second kappa shape index (κ2) is 4.60. The summed E-state index contributed by atoms with van der Waals surface area (Å²) in [5.41, 5.74) is 0.196. The average Bonchev–Trinajstić information content (AvgIpc) is 2.27. The normalized spacial score (nSPS) is 9.20. The zero-order chi connectivity index (χ0) is 11.4. The van der Waals surface area contributed by atoms with Gasteiger partial charge in [0.05, 0.1) is 0 Å². The van der Waals surface area contributed by atoms with Gasteiger partial charge in [-0.25, -0.2) is 4.90 Å². The molecule has 6 heteroatoms. The Labute approximate surface area is 87.3 Å². The molecule has 1 aromatic rings. The molecular weight excluding hydrogens is 195 g/mol. The van der Waals surface area contributed by atoms with Gasteiger partial charge in [-0.15, -0.1) is 0 Å². The monoisotopic (exact) mass is 204 g/mol. The fraction of sp³-hybridized carbons (Fsp3) is 0.111. The Morgan fingerprint density at radius 2 is 2.07 bits per heavy atom. The van der Waals surface area contributed by atoms with E-state index in [0.717, 1.165) is 4.90 Å². The summed E-state index contributed by atoms with van der Waals surface area (Å²) in [4.78, 5) is 12.4. The second-order valence-corrected chi connectivity index (χ2v) is 2.93. The minimum atomic E-state index is -1.72. The molecule has 0 bridgehead atoms. The van der Waals surface area contributed by atoms with Gasteiger partial charge < -0.3 is 10.0 Å². The van der Waals surface area contributed by atoms with E-state index in [1.165, 1.54) is 19.2 Å². The molecule has 1 amide bonds. The Hall–Kier alpha value is -1.84. The fourth-order valence-electron chi connectivity index (χ4n) is 1.14. The van der Waals surface area contributed by atoms with Crippen LogP contribution in [0.1, 0.15) is 10.4 Å². The summed E-state index contributed by atoms with van der Waals surface area (Å²) in [6.45, 7) is 0. The third kappa shape index (κ3) is 2.34. The maximum Gasteiger partial charge on any atom is 0.489 e. The van der Waals surface area contributed by atoms with Gasteiger partial charge in [0.2, 0.25) is 0 Å². The molecule has 15 heavy (non-hydrogen) atoms. The van der Waals surface area contributed by atoms with Crippen molar-refractivity contribution in [2.45, 2.75) is 0 Å². The summed E-state index contributed by atoms with van der Waals surface area (Å²) >= 11 is 0. The molecule has 0 aromatic heterocycles. The first-order valence-electron chi connectivity index (χ1n) is 4.20. The van der Waals surface area contributed by atoms with Gasteiger partial charge in [-0.1, -0.05) is 18.2 Å². The zero-order valence-corrected chi connectivity index (χ0v) is 8.08. The highest BCUT2D eigenvalue weighted by atomic mass is 16.4. The molecule has 0 saturated carbocycles. The SMILES string of the molecule is CN(C#N)C(=O)c1ccccc1B(O)O. The van der Waals surface area contributed by atoms with E-state index in [1.54, 1.807) is 18.3 Å². The summed E-state index contributed by atoms with van der Waals surface area (Å²) in [5.74, 6) is -0.568. The number of carbonyl (C=O) groups excluding carboxylic acids is 1. The average molecular weight is 204 g/mol. The van der Waals surface area contributed by atoms with E-state index in [-0.39, 0.29) is 11.0 Å². The number of nitrogens with zero attached hydrogens (tertiary/aromatic N) is 2. The van der Waals surface area contributed by atoms with E-state index >= 15 is 0 Å². The Bertz CT molecular complexity index is 414. The Morgan fingerprint density at radius 1 is 1.47 bits per heavy atom. The molecule has 0 saturated heterocycles. The highest BCUT2D eigenvalue weighted by Crippen LogP contribution is 2.01. The lowest BCUT2D eigenvalue weighted by atomic mass is 9.77. The van der Waals surface area contributed by atoms with Gasteiger partial charge >= 0.3 is 7.12 Å². The van der Waals surface area contributed by atoms with E-state index in [2.05, 4.69) is 0 Å². The summed E-state index contributed by atoms with van der Waals surface area (Å²) < 4.78 is 0. The van der Waals surface area contributed by atoms with Crippen LogP contribution in [0.3, 0.4) is 0 Å². The number of nitriles is 1. The van der Waals surface area contributed by atoms with Crippen molar-refractivity contribution < 1.29 is 14.8 Å². The van der Waals surface area contributed by atoms with Crippen molar-refractivity contribution in [3.05, 3.63) is 29.8 Å². The van der Waals surface area contributed by atoms with Crippen molar-refractivity contribution in [1.82, 2.24) is 4.90 Å². The van der Waals surface area contributed by atoms with Crippen molar-refractivity contribution in [2.75, 3.05) is 7.05 Å². The minimum absolute atomic E-state index is 0.0876. The molecule has 1 aromatic carbocycles. The predicted octanol–water partition coefficient (Wildman–Crippen LogP) is -1.08. The molecule has 0 heterocycles. The molecule has 0 fully saturated rings. The highest BCUT2D eigenvalue weighted by Gasteiger charge is 2.21. The van der Waals surface area contributed by atoms with Gasteiger partial charge in [-0.2, -0.15) is 5.26 Å². The van der Waals surface area contributed by atoms with Crippen molar-refractivity contribution in [1.29, 1.82) is 5.26 Å². The van der Waals surface area contributed by atoms with Crippen LogP contribution >= 0.6 is 0 Å². The largest absolute Gasteiger partial charge is 0.489 e. The number of hydrogen-bond acceptors (Lipinski definition) is 4. The van der Waals surface area contributed by atoms with Crippen LogP contribution < -0.4 is 5.46 Å². The van der Waals surface area contributed by atoms with E-state index < -0.39 is 13.0 Å². The molecule has 0 atom stereocenters. The van der Waals surface area contributed by atoms with E-state index in [1.807, 2.05) is 0 Å². The van der Waals surface area contributed by atoms with E-state index in [0.29, 0.717) is 0 Å². The molecule has 0 unspecified atom stereocenters. The van der Waals surface area contributed by atoms with E-state index in [9.17, 15) is 4.79 Å². The van der Waals surface area contributed by atoms with Crippen LogP contribution in [-0.2, 0) is 0 Å². The van der Waals surface area contributed by atoms with E-state index in [4.69, 9.17) is 15.3 Å². The topological polar surface area (TPSA) is 84.6 Å². The Kier molecular flexibility index (Phi) is 3.44. The predicted molar refractivity (Wildman–Crippen MR) is 54.0 cm³/mol. The van der Waals surface area contributed by atoms with Crippen molar-refractivity contribution >= 4 is 18.5 Å². The van der Waals surface area contributed by atoms with Crippen molar-refractivity contribution in [2.24, 2.45) is 0 Å². The highest BCUT2D eigenvalue weighted by molar-refractivity contribution is 6.60. The third-order valence-corrected chi connectivity index (χ3v) is 1.92. The summed E-state index contributed by atoms with van der Waals surface area (Å²) in [6, 6.07) is 6.02. The third-order valence-electron chi connectivity index (χ3n) is 1.92. The zero-order valence-electron chi connectivity index (χ0n) is 8.08. The first-order chi connectivity index (χ1) is 7.07. The van der Waals surface area contributed by atoms with Crippen LogP contribution in [0.4, 0.5) is 0 Å². The van der Waals surface area contributed by atoms with Crippen LogP contribution in [0.5, 0.6) is 0 Å². The lowest BCUT2D eigenvalue weighted by molar-refractivity contribution is 0.0859. The van der Waals surface area contributed by atoms with Gasteiger partial charge in [-0.05, 0) is 11.5 Å². The molecule has 5 nitrogen and oxygen atoms in total. The lowest BCUT2D eigenvalue weighted by Crippen LogP contribution is -2.37. The van der Waals surface area contributed by atoms with Gasteiger partial charge in [0.25, 0.3) is 5.91 Å². The number of carbonyl (C=O) groups is 1. The molecule has 0 aliphatic rings. The molecule has 0 aliphatic carbocycles. The maximum absolute atomic E-state index is 11.6. The van der Waals surface area contributed by atoms with Gasteiger partial charge in [0, 0.05) is 12.6 Å². The molecule has 0 spiro atoms. The second-order valence-electron chi connectivity index (χ2n) is 2.93. The minimum Gasteiger partial charge on any atom is -0.423 e. The standard InChI is InChI=1S/C9H9BN2O3/c1-12(6-11)9(13)7-4-2-3-5-8(7)10(14)15/h2-5,14-15H,1H3. The van der Waals surface area contributed by atoms with Crippen LogP contribution in [0.2, 0.25) is 0 Å². The van der Waals surface area contributed by atoms with Gasteiger partial charge in [0.15, 0.2) is 6.19 Å². The van der Waals surface area contributed by atoms with Crippen LogP contribution in [0, 0.1) is 11.5 Å². The number of amides is 1. The van der Waals surface area contributed by atoms with Gasteiger partial charge in [0.1, 0.15) is 0 Å². The fourth-order valence-corrected chi connectivity index (χ4v) is 1.14. The molecule has 2 N–H and O–H groups in total. The van der Waals surface area contributed by atoms with Crippen molar-refractivity contribution in [3.63, 3.8) is 0 Å². The summed E-state index contributed by atoms with van der Waals surface area (Å²) in [5, 5.41) is 26.5. The first kappa shape index (κ1) is 11.2. The Balaban J connectivity index is 3.15. The van der Waals surface area contributed by atoms with Crippen molar-refractivity contribution in [3.8, 4) is 6.19 Å².